The van der Waals surface area contributed by atoms with Gasteiger partial charge < -0.3 is 5.32 Å². The van der Waals surface area contributed by atoms with Crippen LogP contribution in [0.15, 0.2) is 83.8 Å². The maximum absolute atomic E-state index is 13.0. The largest absolute Gasteiger partial charge is 0.325 e. The van der Waals surface area contributed by atoms with Crippen LogP contribution in [0.5, 0.6) is 0 Å². The molecule has 3 aromatic rings. The summed E-state index contributed by atoms with van der Waals surface area (Å²) in [6.45, 7) is 3.96. The van der Waals surface area contributed by atoms with Crippen LogP contribution in [0.2, 0.25) is 0 Å². The van der Waals surface area contributed by atoms with Gasteiger partial charge in [-0.05, 0) is 61.2 Å². The van der Waals surface area contributed by atoms with E-state index in [1.165, 1.54) is 12.1 Å². The molecule has 6 heteroatoms. The lowest BCUT2D eigenvalue weighted by Gasteiger charge is -2.19. The Balaban J connectivity index is 1.85. The topological polar surface area (TPSA) is 75.3 Å². The molecule has 150 valence electrons. The lowest BCUT2D eigenvalue weighted by atomic mass is 10.1. The molecule has 2 N–H and O–H groups in total. The standard InChI is InChI=1S/C23H24N2O3S/c1-17-13-14-20(15-18(17)2)24-23(26)22(16-19-9-5-3-6-10-19)25-29(27,28)21-11-7-4-8-12-21/h3-15,22,25H,16H2,1-2H3,(H,24,26)/t22-/m1/s1. The smallest absolute Gasteiger partial charge is 0.242 e. The number of hydrogen-bond acceptors (Lipinski definition) is 3. The Morgan fingerprint density at radius 3 is 2.10 bits per heavy atom. The summed E-state index contributed by atoms with van der Waals surface area (Å²) in [5, 5.41) is 2.84. The summed E-state index contributed by atoms with van der Waals surface area (Å²) in [4.78, 5) is 13.1. The van der Waals surface area contributed by atoms with Gasteiger partial charge in [-0.3, -0.25) is 4.79 Å². The number of carbonyl (C=O) groups is 1. The number of anilines is 1. The molecule has 0 spiro atoms. The summed E-state index contributed by atoms with van der Waals surface area (Å²) in [6, 6.07) is 22.0. The van der Waals surface area contributed by atoms with E-state index >= 15 is 0 Å². The van der Waals surface area contributed by atoms with Crippen LogP contribution in [0.4, 0.5) is 5.69 Å². The monoisotopic (exact) mass is 408 g/mol. The Kier molecular flexibility index (Phi) is 6.46. The van der Waals surface area contributed by atoms with Gasteiger partial charge in [0.15, 0.2) is 0 Å². The van der Waals surface area contributed by atoms with Gasteiger partial charge in [0.05, 0.1) is 4.90 Å². The van der Waals surface area contributed by atoms with Gasteiger partial charge >= 0.3 is 0 Å². The Hall–Kier alpha value is -2.96. The lowest BCUT2D eigenvalue weighted by molar-refractivity contribution is -0.117. The van der Waals surface area contributed by atoms with Crippen molar-refractivity contribution >= 4 is 21.6 Å². The maximum Gasteiger partial charge on any atom is 0.242 e. The zero-order valence-corrected chi connectivity index (χ0v) is 17.2. The van der Waals surface area contributed by atoms with E-state index in [0.717, 1.165) is 16.7 Å². The Bertz CT molecular complexity index is 1080. The number of aryl methyl sites for hydroxylation is 2. The molecule has 1 atom stereocenters. The third-order valence-electron chi connectivity index (χ3n) is 4.72. The van der Waals surface area contributed by atoms with E-state index in [4.69, 9.17) is 0 Å². The third kappa shape index (κ3) is 5.53. The first-order valence-corrected chi connectivity index (χ1v) is 10.8. The molecule has 0 fully saturated rings. The van der Waals surface area contributed by atoms with Crippen LogP contribution in [-0.4, -0.2) is 20.4 Å². The van der Waals surface area contributed by atoms with Gasteiger partial charge in [0.25, 0.3) is 0 Å². The number of nitrogens with one attached hydrogen (secondary N) is 2. The minimum Gasteiger partial charge on any atom is -0.325 e. The normalized spacial score (nSPS) is 12.3. The summed E-state index contributed by atoms with van der Waals surface area (Å²) >= 11 is 0. The Morgan fingerprint density at radius 2 is 1.48 bits per heavy atom. The highest BCUT2D eigenvalue weighted by atomic mass is 32.2. The first-order chi connectivity index (χ1) is 13.8. The van der Waals surface area contributed by atoms with E-state index in [1.54, 1.807) is 18.2 Å². The van der Waals surface area contributed by atoms with Crippen LogP contribution in [0.3, 0.4) is 0 Å². The average molecular weight is 409 g/mol. The fourth-order valence-corrected chi connectivity index (χ4v) is 4.16. The molecule has 0 aliphatic carbocycles. The van der Waals surface area contributed by atoms with E-state index < -0.39 is 22.0 Å². The van der Waals surface area contributed by atoms with E-state index in [2.05, 4.69) is 10.0 Å². The van der Waals surface area contributed by atoms with Gasteiger partial charge in [0.1, 0.15) is 6.04 Å². The maximum atomic E-state index is 13.0. The second kappa shape index (κ2) is 9.03. The Morgan fingerprint density at radius 1 is 0.862 bits per heavy atom. The van der Waals surface area contributed by atoms with Gasteiger partial charge in [-0.1, -0.05) is 54.6 Å². The van der Waals surface area contributed by atoms with Gasteiger partial charge in [0.2, 0.25) is 15.9 Å². The van der Waals surface area contributed by atoms with Crippen LogP contribution in [0, 0.1) is 13.8 Å². The number of benzene rings is 3. The fourth-order valence-electron chi connectivity index (χ4n) is 2.94. The van der Waals surface area contributed by atoms with Crippen molar-refractivity contribution in [2.24, 2.45) is 0 Å². The molecule has 0 unspecified atom stereocenters. The molecule has 0 aromatic heterocycles. The molecule has 1 amide bonds. The van der Waals surface area contributed by atoms with Gasteiger partial charge in [-0.2, -0.15) is 4.72 Å². The van der Waals surface area contributed by atoms with Crippen LogP contribution >= 0.6 is 0 Å². The Labute approximate surface area is 171 Å². The van der Waals surface area contributed by atoms with E-state index in [0.29, 0.717) is 5.69 Å². The first kappa shape index (κ1) is 20.8. The van der Waals surface area contributed by atoms with Crippen molar-refractivity contribution in [3.63, 3.8) is 0 Å². The quantitative estimate of drug-likeness (QED) is 0.624. The summed E-state index contributed by atoms with van der Waals surface area (Å²) in [6.07, 6.45) is 0.240. The summed E-state index contributed by atoms with van der Waals surface area (Å²) in [7, 11) is -3.84. The molecule has 5 nitrogen and oxygen atoms in total. The minimum atomic E-state index is -3.84. The number of carbonyl (C=O) groups excluding carboxylic acids is 1. The molecule has 0 heterocycles. The van der Waals surface area contributed by atoms with Crippen molar-refractivity contribution in [2.45, 2.75) is 31.2 Å². The molecule has 0 saturated heterocycles. The van der Waals surface area contributed by atoms with Crippen molar-refractivity contribution in [3.8, 4) is 0 Å². The van der Waals surface area contributed by atoms with Crippen molar-refractivity contribution in [2.75, 3.05) is 5.32 Å². The van der Waals surface area contributed by atoms with Crippen LogP contribution < -0.4 is 10.0 Å². The molecule has 0 aliphatic heterocycles. The molecule has 0 bridgehead atoms. The highest BCUT2D eigenvalue weighted by Crippen LogP contribution is 2.16. The third-order valence-corrected chi connectivity index (χ3v) is 6.21. The predicted molar refractivity (Wildman–Crippen MR) is 115 cm³/mol. The van der Waals surface area contributed by atoms with Crippen LogP contribution in [-0.2, 0) is 21.2 Å². The molecule has 3 rings (SSSR count). The van der Waals surface area contributed by atoms with E-state index in [9.17, 15) is 13.2 Å². The number of hydrogen-bond donors (Lipinski definition) is 2. The summed E-state index contributed by atoms with van der Waals surface area (Å²) in [5.41, 5.74) is 3.67. The van der Waals surface area contributed by atoms with Crippen molar-refractivity contribution in [1.82, 2.24) is 4.72 Å². The molecule has 0 radical (unpaired) electrons. The fraction of sp³-hybridized carbons (Fsp3) is 0.174. The van der Waals surface area contributed by atoms with E-state index in [1.807, 2.05) is 62.4 Å². The number of sulfonamides is 1. The van der Waals surface area contributed by atoms with Crippen LogP contribution in [0.25, 0.3) is 0 Å². The van der Waals surface area contributed by atoms with Crippen molar-refractivity contribution in [1.29, 1.82) is 0 Å². The van der Waals surface area contributed by atoms with Crippen LogP contribution in [0.1, 0.15) is 16.7 Å². The van der Waals surface area contributed by atoms with Crippen molar-refractivity contribution < 1.29 is 13.2 Å². The average Bonchev–Trinajstić information content (AvgIpc) is 2.71. The lowest BCUT2D eigenvalue weighted by Crippen LogP contribution is -2.45. The molecule has 0 saturated carbocycles. The van der Waals surface area contributed by atoms with Gasteiger partial charge in [-0.25, -0.2) is 8.42 Å². The van der Waals surface area contributed by atoms with Gasteiger partial charge in [-0.15, -0.1) is 0 Å². The number of rotatable bonds is 7. The molecular weight excluding hydrogens is 384 g/mol. The highest BCUT2D eigenvalue weighted by molar-refractivity contribution is 7.89. The summed E-state index contributed by atoms with van der Waals surface area (Å²) in [5.74, 6) is -0.406. The summed E-state index contributed by atoms with van der Waals surface area (Å²) < 4.78 is 28.2. The van der Waals surface area contributed by atoms with Gasteiger partial charge in [0, 0.05) is 5.69 Å². The van der Waals surface area contributed by atoms with E-state index in [-0.39, 0.29) is 11.3 Å². The SMILES string of the molecule is Cc1ccc(NC(=O)[C@@H](Cc2ccccc2)NS(=O)(=O)c2ccccc2)cc1C. The van der Waals surface area contributed by atoms with Crippen molar-refractivity contribution in [3.05, 3.63) is 95.6 Å². The minimum absolute atomic E-state index is 0.122. The predicted octanol–water partition coefficient (Wildman–Crippen LogP) is 3.83. The second-order valence-corrected chi connectivity index (χ2v) is 8.68. The molecular formula is C23H24N2O3S. The highest BCUT2D eigenvalue weighted by Gasteiger charge is 2.26. The molecule has 29 heavy (non-hydrogen) atoms. The first-order valence-electron chi connectivity index (χ1n) is 9.34. The number of amides is 1. The zero-order chi connectivity index (χ0) is 20.9. The second-order valence-electron chi connectivity index (χ2n) is 6.96. The molecule has 3 aromatic carbocycles. The molecule has 0 aliphatic rings. The zero-order valence-electron chi connectivity index (χ0n) is 16.4.